The first-order valence-electron chi connectivity index (χ1n) is 6.90. The third-order valence-corrected chi connectivity index (χ3v) is 3.73. The van der Waals surface area contributed by atoms with Gasteiger partial charge < -0.3 is 15.2 Å². The highest BCUT2D eigenvalue weighted by molar-refractivity contribution is 5.81. The van der Waals surface area contributed by atoms with E-state index >= 15 is 0 Å². The summed E-state index contributed by atoms with van der Waals surface area (Å²) in [7, 11) is 0. The number of nitrogens with one attached hydrogen (secondary N) is 1. The van der Waals surface area contributed by atoms with Crippen molar-refractivity contribution in [3.8, 4) is 5.75 Å². The molecule has 2 N–H and O–H groups in total. The zero-order valence-electron chi connectivity index (χ0n) is 11.6. The zero-order valence-corrected chi connectivity index (χ0v) is 11.6. The normalized spacial score (nSPS) is 18.6. The van der Waals surface area contributed by atoms with Crippen LogP contribution in [0.25, 0.3) is 0 Å². The molecular weight excluding hydrogens is 261 g/mol. The minimum Gasteiger partial charge on any atom is -0.481 e. The Bertz CT molecular complexity index is 472. The highest BCUT2D eigenvalue weighted by atomic mass is 19.1. The van der Waals surface area contributed by atoms with Crippen molar-refractivity contribution in [3.63, 3.8) is 0 Å². The molecule has 1 atom stereocenters. The van der Waals surface area contributed by atoms with Crippen molar-refractivity contribution >= 4 is 5.91 Å². The van der Waals surface area contributed by atoms with E-state index in [0.717, 1.165) is 25.7 Å². The number of carbonyl (C=O) groups is 1. The van der Waals surface area contributed by atoms with Crippen LogP contribution in [0.5, 0.6) is 5.75 Å². The Balaban J connectivity index is 1.95. The third-order valence-electron chi connectivity index (χ3n) is 3.73. The first kappa shape index (κ1) is 14.8. The second-order valence-corrected chi connectivity index (χ2v) is 5.35. The summed E-state index contributed by atoms with van der Waals surface area (Å²) in [6.45, 7) is 1.55. The molecule has 5 heteroatoms. The maximum absolute atomic E-state index is 13.0. The van der Waals surface area contributed by atoms with E-state index in [0.29, 0.717) is 5.75 Å². The molecule has 0 heterocycles. The summed E-state index contributed by atoms with van der Waals surface area (Å²) in [5.41, 5.74) is -0.517. The summed E-state index contributed by atoms with van der Waals surface area (Å²) < 4.78 is 18.5. The Morgan fingerprint density at radius 2 is 2.20 bits per heavy atom. The quantitative estimate of drug-likeness (QED) is 0.868. The molecule has 1 aromatic rings. The van der Waals surface area contributed by atoms with Gasteiger partial charge in [-0.1, -0.05) is 18.9 Å². The number of carbonyl (C=O) groups excluding carboxylic acids is 1. The molecule has 0 bridgehead atoms. The van der Waals surface area contributed by atoms with E-state index in [-0.39, 0.29) is 12.5 Å². The molecule has 1 aliphatic rings. The van der Waals surface area contributed by atoms with Gasteiger partial charge in [0.15, 0.2) is 6.10 Å². The second kappa shape index (κ2) is 6.22. The summed E-state index contributed by atoms with van der Waals surface area (Å²) >= 11 is 0. The van der Waals surface area contributed by atoms with E-state index < -0.39 is 17.5 Å². The van der Waals surface area contributed by atoms with Crippen LogP contribution in [0, 0.1) is 5.82 Å². The van der Waals surface area contributed by atoms with Gasteiger partial charge in [-0.25, -0.2) is 4.39 Å². The number of hydrogen-bond donors (Lipinski definition) is 2. The first-order valence-corrected chi connectivity index (χ1v) is 6.90. The van der Waals surface area contributed by atoms with Crippen LogP contribution in [-0.2, 0) is 4.79 Å². The fraction of sp³-hybridized carbons (Fsp3) is 0.533. The van der Waals surface area contributed by atoms with Gasteiger partial charge in [-0.05, 0) is 31.9 Å². The van der Waals surface area contributed by atoms with Crippen LogP contribution in [0.4, 0.5) is 4.39 Å². The van der Waals surface area contributed by atoms with Crippen LogP contribution < -0.4 is 10.1 Å². The van der Waals surface area contributed by atoms with Crippen molar-refractivity contribution in [3.05, 3.63) is 30.1 Å². The van der Waals surface area contributed by atoms with Gasteiger partial charge in [-0.15, -0.1) is 0 Å². The number of aliphatic hydroxyl groups is 1. The smallest absolute Gasteiger partial charge is 0.261 e. The summed E-state index contributed by atoms with van der Waals surface area (Å²) in [6, 6.07) is 5.68. The maximum Gasteiger partial charge on any atom is 0.261 e. The minimum atomic E-state index is -0.735. The van der Waals surface area contributed by atoms with Gasteiger partial charge >= 0.3 is 0 Å². The van der Waals surface area contributed by atoms with Gasteiger partial charge in [0.2, 0.25) is 0 Å². The van der Waals surface area contributed by atoms with E-state index in [9.17, 15) is 14.3 Å². The van der Waals surface area contributed by atoms with Crippen LogP contribution >= 0.6 is 0 Å². The number of aliphatic hydroxyl groups excluding tert-OH is 1. The number of rotatable bonds is 5. The molecule has 110 valence electrons. The second-order valence-electron chi connectivity index (χ2n) is 5.35. The lowest BCUT2D eigenvalue weighted by Crippen LogP contribution is -2.52. The molecule has 0 aromatic heterocycles. The van der Waals surface area contributed by atoms with Crippen molar-refractivity contribution in [1.82, 2.24) is 5.32 Å². The fourth-order valence-electron chi connectivity index (χ4n) is 2.54. The first-order chi connectivity index (χ1) is 9.54. The van der Waals surface area contributed by atoms with Crippen LogP contribution in [0.2, 0.25) is 0 Å². The minimum absolute atomic E-state index is 0.0641. The van der Waals surface area contributed by atoms with Gasteiger partial charge in [0.25, 0.3) is 5.91 Å². The number of benzene rings is 1. The molecule has 4 nitrogen and oxygen atoms in total. The third kappa shape index (κ3) is 3.48. The Kier molecular flexibility index (Phi) is 4.60. The summed E-state index contributed by atoms with van der Waals surface area (Å²) in [6.07, 6.45) is 2.82. The van der Waals surface area contributed by atoms with Crippen LogP contribution in [-0.4, -0.2) is 29.3 Å². The van der Waals surface area contributed by atoms with Crippen molar-refractivity contribution in [2.45, 2.75) is 44.2 Å². The molecule has 0 saturated heterocycles. The number of amides is 1. The molecule has 1 aliphatic carbocycles. The van der Waals surface area contributed by atoms with Crippen molar-refractivity contribution in [2.24, 2.45) is 0 Å². The Labute approximate surface area is 117 Å². The molecular formula is C15H20FNO3. The standard InChI is InChI=1S/C15H20FNO3/c1-11(20-13-6-4-5-12(16)9-13)14(19)17-15(10-18)7-2-3-8-15/h4-6,9,11,18H,2-3,7-8,10H2,1H3,(H,17,19). The highest BCUT2D eigenvalue weighted by Crippen LogP contribution is 2.29. The lowest BCUT2D eigenvalue weighted by atomic mass is 9.98. The Morgan fingerprint density at radius 1 is 1.50 bits per heavy atom. The lowest BCUT2D eigenvalue weighted by molar-refractivity contribution is -0.129. The molecule has 0 radical (unpaired) electrons. The van der Waals surface area contributed by atoms with Crippen molar-refractivity contribution < 1.29 is 19.0 Å². The van der Waals surface area contributed by atoms with E-state index in [4.69, 9.17) is 4.74 Å². The number of ether oxygens (including phenoxy) is 1. The van der Waals surface area contributed by atoms with Crippen LogP contribution in [0.3, 0.4) is 0 Å². The topological polar surface area (TPSA) is 58.6 Å². The van der Waals surface area contributed by atoms with Gasteiger partial charge in [0, 0.05) is 6.07 Å². The average Bonchev–Trinajstić information content (AvgIpc) is 2.88. The van der Waals surface area contributed by atoms with E-state index in [2.05, 4.69) is 5.32 Å². The average molecular weight is 281 g/mol. The predicted molar refractivity (Wildman–Crippen MR) is 72.9 cm³/mol. The Morgan fingerprint density at radius 3 is 2.80 bits per heavy atom. The molecule has 1 fully saturated rings. The zero-order chi connectivity index (χ0) is 14.6. The van der Waals surface area contributed by atoms with Gasteiger partial charge in [0.05, 0.1) is 12.1 Å². The SMILES string of the molecule is CC(Oc1cccc(F)c1)C(=O)NC1(CO)CCCC1. The lowest BCUT2D eigenvalue weighted by Gasteiger charge is -2.29. The van der Waals surface area contributed by atoms with Gasteiger partial charge in [-0.2, -0.15) is 0 Å². The van der Waals surface area contributed by atoms with Crippen molar-refractivity contribution in [1.29, 1.82) is 0 Å². The predicted octanol–water partition coefficient (Wildman–Crippen LogP) is 2.01. The molecule has 20 heavy (non-hydrogen) atoms. The molecule has 1 unspecified atom stereocenters. The molecule has 1 aromatic carbocycles. The van der Waals surface area contributed by atoms with E-state index in [1.807, 2.05) is 0 Å². The number of halogens is 1. The monoisotopic (exact) mass is 281 g/mol. The summed E-state index contributed by atoms with van der Waals surface area (Å²) in [5, 5.41) is 12.3. The fourth-order valence-corrected chi connectivity index (χ4v) is 2.54. The summed E-state index contributed by atoms with van der Waals surface area (Å²) in [5.74, 6) is -0.375. The molecule has 1 amide bonds. The maximum atomic E-state index is 13.0. The summed E-state index contributed by atoms with van der Waals surface area (Å²) in [4.78, 5) is 12.1. The Hall–Kier alpha value is -1.62. The highest BCUT2D eigenvalue weighted by Gasteiger charge is 2.35. The largest absolute Gasteiger partial charge is 0.481 e. The molecule has 1 saturated carbocycles. The van der Waals surface area contributed by atoms with E-state index in [1.54, 1.807) is 13.0 Å². The van der Waals surface area contributed by atoms with Gasteiger partial charge in [0.1, 0.15) is 11.6 Å². The van der Waals surface area contributed by atoms with Crippen LogP contribution in [0.1, 0.15) is 32.6 Å². The number of hydrogen-bond acceptors (Lipinski definition) is 3. The van der Waals surface area contributed by atoms with E-state index in [1.165, 1.54) is 18.2 Å². The van der Waals surface area contributed by atoms with Crippen molar-refractivity contribution in [2.75, 3.05) is 6.61 Å². The van der Waals surface area contributed by atoms with Crippen LogP contribution in [0.15, 0.2) is 24.3 Å². The van der Waals surface area contributed by atoms with Gasteiger partial charge in [-0.3, -0.25) is 4.79 Å². The molecule has 0 aliphatic heterocycles. The molecule has 2 rings (SSSR count). The molecule has 0 spiro atoms.